The molecule has 4 N–H and O–H groups in total. The van der Waals surface area contributed by atoms with Crippen LogP contribution in [0.15, 0.2) is 12.1 Å². The Morgan fingerprint density at radius 1 is 1.56 bits per heavy atom. The predicted molar refractivity (Wildman–Crippen MR) is 65.6 cm³/mol. The van der Waals surface area contributed by atoms with Crippen molar-refractivity contribution in [1.29, 1.82) is 0 Å². The SMILES string of the molecule is NCC#Cc1ccc(C(=O)NCc2nn[nH]n2)s1. The van der Waals surface area contributed by atoms with Crippen LogP contribution in [0.3, 0.4) is 0 Å². The molecule has 92 valence electrons. The third kappa shape index (κ3) is 3.13. The number of tetrazole rings is 1. The number of carbonyl (C=O) groups excluding carboxylic acids is 1. The largest absolute Gasteiger partial charge is 0.344 e. The van der Waals surface area contributed by atoms with Crippen molar-refractivity contribution >= 4 is 17.2 Å². The Kier molecular flexibility index (Phi) is 4.01. The number of carbonyl (C=O) groups is 1. The van der Waals surface area contributed by atoms with Crippen LogP contribution < -0.4 is 11.1 Å². The highest BCUT2D eigenvalue weighted by Crippen LogP contribution is 2.15. The van der Waals surface area contributed by atoms with E-state index in [0.717, 1.165) is 4.88 Å². The molecule has 8 heteroatoms. The molecule has 2 aromatic heterocycles. The number of rotatable bonds is 3. The van der Waals surface area contributed by atoms with Crippen molar-refractivity contribution < 1.29 is 4.79 Å². The van der Waals surface area contributed by atoms with Crippen molar-refractivity contribution in [2.75, 3.05) is 6.54 Å². The van der Waals surface area contributed by atoms with Gasteiger partial charge in [0.1, 0.15) is 0 Å². The summed E-state index contributed by atoms with van der Waals surface area (Å²) in [4.78, 5) is 13.2. The van der Waals surface area contributed by atoms with Crippen LogP contribution in [0, 0.1) is 11.8 Å². The molecule has 2 aromatic rings. The minimum atomic E-state index is -0.189. The van der Waals surface area contributed by atoms with Crippen molar-refractivity contribution in [3.05, 3.63) is 27.7 Å². The van der Waals surface area contributed by atoms with E-state index in [2.05, 4.69) is 37.8 Å². The van der Waals surface area contributed by atoms with Gasteiger partial charge in [0.25, 0.3) is 5.91 Å². The van der Waals surface area contributed by atoms with Gasteiger partial charge in [-0.3, -0.25) is 4.79 Å². The molecule has 0 aliphatic heterocycles. The van der Waals surface area contributed by atoms with Crippen molar-refractivity contribution in [3.63, 3.8) is 0 Å². The van der Waals surface area contributed by atoms with Gasteiger partial charge < -0.3 is 11.1 Å². The van der Waals surface area contributed by atoms with E-state index in [0.29, 0.717) is 17.2 Å². The highest BCUT2D eigenvalue weighted by Gasteiger charge is 2.09. The predicted octanol–water partition coefficient (Wildman–Crippen LogP) is -0.499. The molecule has 0 spiro atoms. The average molecular weight is 262 g/mol. The quantitative estimate of drug-likeness (QED) is 0.646. The number of aromatic nitrogens is 4. The Bertz CT molecular complexity index is 579. The Hall–Kier alpha value is -2.24. The van der Waals surface area contributed by atoms with Gasteiger partial charge in [0.05, 0.1) is 22.8 Å². The van der Waals surface area contributed by atoms with Gasteiger partial charge in [-0.1, -0.05) is 17.1 Å². The van der Waals surface area contributed by atoms with Crippen LogP contribution in [0.25, 0.3) is 0 Å². The fourth-order valence-electron chi connectivity index (χ4n) is 1.17. The molecule has 2 rings (SSSR count). The minimum absolute atomic E-state index is 0.189. The van der Waals surface area contributed by atoms with Gasteiger partial charge in [0, 0.05) is 0 Å². The maximum atomic E-state index is 11.8. The summed E-state index contributed by atoms with van der Waals surface area (Å²) in [5.74, 6) is 5.85. The first kappa shape index (κ1) is 12.2. The Morgan fingerprint density at radius 2 is 2.44 bits per heavy atom. The Morgan fingerprint density at radius 3 is 3.17 bits per heavy atom. The molecule has 0 radical (unpaired) electrons. The van der Waals surface area contributed by atoms with Gasteiger partial charge in [-0.05, 0) is 12.1 Å². The lowest BCUT2D eigenvalue weighted by Crippen LogP contribution is -2.22. The van der Waals surface area contributed by atoms with E-state index >= 15 is 0 Å². The number of hydrogen-bond donors (Lipinski definition) is 3. The monoisotopic (exact) mass is 262 g/mol. The van der Waals surface area contributed by atoms with Crippen molar-refractivity contribution in [2.45, 2.75) is 6.54 Å². The van der Waals surface area contributed by atoms with Crippen molar-refractivity contribution in [1.82, 2.24) is 25.9 Å². The molecule has 0 saturated heterocycles. The smallest absolute Gasteiger partial charge is 0.261 e. The van der Waals surface area contributed by atoms with Crippen LogP contribution in [-0.2, 0) is 6.54 Å². The first-order valence-electron chi connectivity index (χ1n) is 5.09. The topological polar surface area (TPSA) is 110 Å². The second-order valence-corrected chi connectivity index (χ2v) is 4.26. The van der Waals surface area contributed by atoms with E-state index in [1.54, 1.807) is 12.1 Å². The molecular formula is C10H10N6OS. The summed E-state index contributed by atoms with van der Waals surface area (Å²) >= 11 is 1.31. The summed E-state index contributed by atoms with van der Waals surface area (Å²) in [5, 5.41) is 15.9. The highest BCUT2D eigenvalue weighted by atomic mass is 32.1. The number of H-pyrrole nitrogens is 1. The minimum Gasteiger partial charge on any atom is -0.344 e. The van der Waals surface area contributed by atoms with Crippen molar-refractivity contribution in [3.8, 4) is 11.8 Å². The van der Waals surface area contributed by atoms with Gasteiger partial charge in [-0.15, -0.1) is 21.5 Å². The number of aromatic amines is 1. The lowest BCUT2D eigenvalue weighted by atomic mass is 10.4. The maximum absolute atomic E-state index is 11.8. The summed E-state index contributed by atoms with van der Waals surface area (Å²) in [7, 11) is 0. The third-order valence-electron chi connectivity index (χ3n) is 1.94. The van der Waals surface area contributed by atoms with Crippen LogP contribution in [0.2, 0.25) is 0 Å². The molecule has 0 unspecified atom stereocenters. The second kappa shape index (κ2) is 5.90. The van der Waals surface area contributed by atoms with E-state index in [-0.39, 0.29) is 12.5 Å². The fraction of sp³-hybridized carbons (Fsp3) is 0.200. The number of amides is 1. The summed E-state index contributed by atoms with van der Waals surface area (Å²) in [5.41, 5.74) is 5.27. The van der Waals surface area contributed by atoms with Crippen LogP contribution in [0.5, 0.6) is 0 Å². The zero-order valence-corrected chi connectivity index (χ0v) is 10.1. The highest BCUT2D eigenvalue weighted by molar-refractivity contribution is 7.14. The summed E-state index contributed by atoms with van der Waals surface area (Å²) in [6.07, 6.45) is 0. The number of nitrogens with two attached hydrogens (primary N) is 1. The lowest BCUT2D eigenvalue weighted by Gasteiger charge is -1.98. The van der Waals surface area contributed by atoms with Gasteiger partial charge in [0.15, 0.2) is 5.82 Å². The summed E-state index contributed by atoms with van der Waals surface area (Å²) in [6, 6.07) is 3.51. The summed E-state index contributed by atoms with van der Waals surface area (Å²) < 4.78 is 0. The normalized spacial score (nSPS) is 9.61. The number of nitrogens with zero attached hydrogens (tertiary/aromatic N) is 3. The molecular weight excluding hydrogens is 252 g/mol. The Labute approximate surface area is 107 Å². The van der Waals surface area contributed by atoms with Gasteiger partial charge >= 0.3 is 0 Å². The molecule has 0 aliphatic rings. The Balaban J connectivity index is 1.94. The molecule has 0 aliphatic carbocycles. The van der Waals surface area contributed by atoms with Gasteiger partial charge in [-0.25, -0.2) is 0 Å². The lowest BCUT2D eigenvalue weighted by molar-refractivity contribution is 0.0954. The standard InChI is InChI=1S/C10H10N6OS/c11-5-1-2-7-3-4-8(18-7)10(17)12-6-9-13-15-16-14-9/h3-4H,5-6,11H2,(H,12,17)(H,13,14,15,16). The number of hydrogen-bond acceptors (Lipinski definition) is 6. The average Bonchev–Trinajstić information content (AvgIpc) is 3.04. The third-order valence-corrected chi connectivity index (χ3v) is 2.94. The van der Waals surface area contributed by atoms with Crippen LogP contribution in [0.1, 0.15) is 20.4 Å². The van der Waals surface area contributed by atoms with E-state index in [4.69, 9.17) is 5.73 Å². The zero-order valence-electron chi connectivity index (χ0n) is 9.30. The number of nitrogens with one attached hydrogen (secondary N) is 2. The molecule has 7 nitrogen and oxygen atoms in total. The first-order valence-corrected chi connectivity index (χ1v) is 5.90. The molecule has 0 atom stereocenters. The van der Waals surface area contributed by atoms with Crippen LogP contribution in [-0.4, -0.2) is 33.1 Å². The van der Waals surface area contributed by atoms with E-state index in [1.165, 1.54) is 11.3 Å². The molecule has 0 aromatic carbocycles. The van der Waals surface area contributed by atoms with Crippen LogP contribution >= 0.6 is 11.3 Å². The number of thiophene rings is 1. The van der Waals surface area contributed by atoms with E-state index in [1.807, 2.05) is 0 Å². The van der Waals surface area contributed by atoms with Gasteiger partial charge in [0.2, 0.25) is 0 Å². The second-order valence-electron chi connectivity index (χ2n) is 3.18. The fourth-order valence-corrected chi connectivity index (χ4v) is 1.97. The van der Waals surface area contributed by atoms with Crippen LogP contribution in [0.4, 0.5) is 0 Å². The first-order chi connectivity index (χ1) is 8.79. The van der Waals surface area contributed by atoms with Crippen molar-refractivity contribution in [2.24, 2.45) is 5.73 Å². The van der Waals surface area contributed by atoms with E-state index < -0.39 is 0 Å². The molecule has 0 fully saturated rings. The molecule has 18 heavy (non-hydrogen) atoms. The van der Waals surface area contributed by atoms with Gasteiger partial charge in [-0.2, -0.15) is 5.21 Å². The zero-order chi connectivity index (χ0) is 12.8. The molecule has 1 amide bonds. The maximum Gasteiger partial charge on any atom is 0.261 e. The molecule has 0 bridgehead atoms. The molecule has 2 heterocycles. The summed E-state index contributed by atoms with van der Waals surface area (Å²) in [6.45, 7) is 0.536. The van der Waals surface area contributed by atoms with E-state index in [9.17, 15) is 4.79 Å². The molecule has 0 saturated carbocycles.